The number of alkyl halides is 3. The summed E-state index contributed by atoms with van der Waals surface area (Å²) in [5.74, 6) is -0.380. The van der Waals surface area contributed by atoms with E-state index in [-0.39, 0.29) is 18.4 Å². The molecule has 4 rings (SSSR count). The average Bonchev–Trinajstić information content (AvgIpc) is 3.21. The van der Waals surface area contributed by atoms with Gasteiger partial charge in [-0.2, -0.15) is 13.2 Å². The smallest absolute Gasteiger partial charge is 0.433 e. The Kier molecular flexibility index (Phi) is 7.12. The Morgan fingerprint density at radius 1 is 1.09 bits per heavy atom. The predicted octanol–water partition coefficient (Wildman–Crippen LogP) is 4.70. The van der Waals surface area contributed by atoms with Gasteiger partial charge in [-0.05, 0) is 42.0 Å². The van der Waals surface area contributed by atoms with E-state index in [1.54, 1.807) is 15.6 Å². The molecule has 2 aromatic heterocycles. The number of pyridine rings is 1. The van der Waals surface area contributed by atoms with Crippen molar-refractivity contribution in [1.82, 2.24) is 19.7 Å². The molecule has 0 saturated carbocycles. The Balaban J connectivity index is 0.00000141. The fourth-order valence-corrected chi connectivity index (χ4v) is 3.14. The summed E-state index contributed by atoms with van der Waals surface area (Å²) in [5, 5.41) is 4.28. The second kappa shape index (κ2) is 9.80. The minimum absolute atomic E-state index is 0.0969. The maximum atomic E-state index is 13.1. The molecule has 0 N–H and O–H groups in total. The van der Waals surface area contributed by atoms with Gasteiger partial charge in [0.15, 0.2) is 0 Å². The number of halogens is 4. The fourth-order valence-electron chi connectivity index (χ4n) is 3.14. The Labute approximate surface area is 182 Å². The highest BCUT2D eigenvalue weighted by Gasteiger charge is 2.32. The largest absolute Gasteiger partial charge is 0.472 e. The minimum atomic E-state index is -4.52. The molecule has 10 heteroatoms. The van der Waals surface area contributed by atoms with Crippen LogP contribution in [-0.4, -0.2) is 32.1 Å². The highest BCUT2D eigenvalue weighted by atomic mass is 19.4. The van der Waals surface area contributed by atoms with E-state index in [4.69, 9.17) is 4.74 Å². The van der Waals surface area contributed by atoms with Crippen molar-refractivity contribution in [2.75, 3.05) is 6.54 Å². The van der Waals surface area contributed by atoms with Gasteiger partial charge in [-0.1, -0.05) is 13.8 Å². The molecule has 0 spiro atoms. The number of carbonyl (C=O) groups is 1. The minimum Gasteiger partial charge on any atom is -0.472 e. The molecule has 170 valence electrons. The van der Waals surface area contributed by atoms with E-state index in [1.807, 2.05) is 13.8 Å². The standard InChI is InChI=1S/C20H16F4N4O2.C2H6/c21-15-3-1-14(2-4-15)19(29)27-7-8-28-16(11-27)10-18(26-28)30-12-13-5-6-25-17(9-13)20(22,23)24;1-2/h1-6,9-10H,7-8,11-12H2;1-2H3. The SMILES string of the molecule is CC.O=C(c1ccc(F)cc1)N1CCn2nc(OCc3ccnc(C(F)(F)F)c3)cc2C1. The molecule has 0 fully saturated rings. The van der Waals surface area contributed by atoms with Gasteiger partial charge < -0.3 is 9.64 Å². The molecule has 1 amide bonds. The number of carbonyl (C=O) groups excluding carboxylic acids is 1. The molecule has 1 aliphatic rings. The van der Waals surface area contributed by atoms with Crippen LogP contribution >= 0.6 is 0 Å². The predicted molar refractivity (Wildman–Crippen MR) is 108 cm³/mol. The Bertz CT molecular complexity index is 1060. The van der Waals surface area contributed by atoms with Crippen molar-refractivity contribution in [2.24, 2.45) is 0 Å². The monoisotopic (exact) mass is 450 g/mol. The summed E-state index contributed by atoms with van der Waals surface area (Å²) in [7, 11) is 0. The van der Waals surface area contributed by atoms with Crippen LogP contribution in [0.3, 0.4) is 0 Å². The summed E-state index contributed by atoms with van der Waals surface area (Å²) in [5.41, 5.74) is 0.454. The molecule has 1 aromatic carbocycles. The number of hydrogen-bond donors (Lipinski definition) is 0. The Morgan fingerprint density at radius 2 is 1.81 bits per heavy atom. The summed E-state index contributed by atoms with van der Waals surface area (Å²) >= 11 is 0. The number of aromatic nitrogens is 3. The lowest BCUT2D eigenvalue weighted by Crippen LogP contribution is -2.38. The molecule has 3 heterocycles. The van der Waals surface area contributed by atoms with Crippen molar-refractivity contribution in [3.63, 3.8) is 0 Å². The number of hydrogen-bond acceptors (Lipinski definition) is 4. The topological polar surface area (TPSA) is 60.2 Å². The molecular formula is C22H22F4N4O2. The van der Waals surface area contributed by atoms with Crippen molar-refractivity contribution < 1.29 is 27.1 Å². The third kappa shape index (κ3) is 5.43. The average molecular weight is 450 g/mol. The van der Waals surface area contributed by atoms with Gasteiger partial charge in [-0.3, -0.25) is 14.5 Å². The van der Waals surface area contributed by atoms with Gasteiger partial charge in [-0.25, -0.2) is 4.39 Å². The van der Waals surface area contributed by atoms with Crippen LogP contribution in [0.4, 0.5) is 17.6 Å². The van der Waals surface area contributed by atoms with Crippen molar-refractivity contribution >= 4 is 5.91 Å². The first-order valence-corrected chi connectivity index (χ1v) is 10.1. The molecule has 0 aliphatic carbocycles. The number of benzene rings is 1. The van der Waals surface area contributed by atoms with E-state index in [9.17, 15) is 22.4 Å². The molecule has 32 heavy (non-hydrogen) atoms. The van der Waals surface area contributed by atoms with E-state index in [2.05, 4.69) is 10.1 Å². The van der Waals surface area contributed by atoms with Crippen LogP contribution in [0.5, 0.6) is 5.88 Å². The second-order valence-electron chi connectivity index (χ2n) is 6.77. The fraction of sp³-hybridized carbons (Fsp3) is 0.318. The van der Waals surface area contributed by atoms with Crippen LogP contribution < -0.4 is 4.74 Å². The maximum Gasteiger partial charge on any atom is 0.433 e. The summed E-state index contributed by atoms with van der Waals surface area (Å²) in [6.45, 7) is 5.06. The Hall–Kier alpha value is -3.43. The number of rotatable bonds is 4. The molecule has 0 radical (unpaired) electrons. The molecular weight excluding hydrogens is 428 g/mol. The number of nitrogens with zero attached hydrogens (tertiary/aromatic N) is 4. The highest BCUT2D eigenvalue weighted by Crippen LogP contribution is 2.28. The zero-order valence-corrected chi connectivity index (χ0v) is 17.6. The molecule has 3 aromatic rings. The highest BCUT2D eigenvalue weighted by molar-refractivity contribution is 5.94. The first kappa shape index (κ1) is 23.2. The van der Waals surface area contributed by atoms with Crippen LogP contribution in [0, 0.1) is 5.82 Å². The van der Waals surface area contributed by atoms with Crippen LogP contribution in [-0.2, 0) is 25.9 Å². The molecule has 0 atom stereocenters. The van der Waals surface area contributed by atoms with Gasteiger partial charge in [-0.15, -0.1) is 5.10 Å². The first-order valence-electron chi connectivity index (χ1n) is 10.1. The van der Waals surface area contributed by atoms with Crippen LogP contribution in [0.15, 0.2) is 48.7 Å². The number of amides is 1. The van der Waals surface area contributed by atoms with E-state index < -0.39 is 17.7 Å². The third-order valence-electron chi connectivity index (χ3n) is 4.66. The van der Waals surface area contributed by atoms with E-state index in [0.29, 0.717) is 30.8 Å². The molecule has 1 aliphatic heterocycles. The van der Waals surface area contributed by atoms with E-state index in [0.717, 1.165) is 18.0 Å². The number of fused-ring (bicyclic) bond motifs is 1. The van der Waals surface area contributed by atoms with Gasteiger partial charge in [0.25, 0.3) is 5.91 Å². The van der Waals surface area contributed by atoms with E-state index >= 15 is 0 Å². The lowest BCUT2D eigenvalue weighted by Gasteiger charge is -2.27. The summed E-state index contributed by atoms with van der Waals surface area (Å²) in [4.78, 5) is 17.5. The molecule has 0 unspecified atom stereocenters. The van der Waals surface area contributed by atoms with Crippen LogP contribution in [0.1, 0.15) is 41.2 Å². The van der Waals surface area contributed by atoms with E-state index in [1.165, 1.54) is 30.3 Å². The first-order chi connectivity index (χ1) is 15.3. The molecule has 0 saturated heterocycles. The normalized spacial score (nSPS) is 13.1. The third-order valence-corrected chi connectivity index (χ3v) is 4.66. The summed E-state index contributed by atoms with van der Waals surface area (Å²) < 4.78 is 58.6. The lowest BCUT2D eigenvalue weighted by molar-refractivity contribution is -0.141. The quantitative estimate of drug-likeness (QED) is 0.541. The van der Waals surface area contributed by atoms with Crippen molar-refractivity contribution in [3.05, 3.63) is 77.0 Å². The molecule has 6 nitrogen and oxygen atoms in total. The zero-order valence-electron chi connectivity index (χ0n) is 17.6. The van der Waals surface area contributed by atoms with Gasteiger partial charge in [0.2, 0.25) is 5.88 Å². The zero-order chi connectivity index (χ0) is 23.3. The molecule has 0 bridgehead atoms. The second-order valence-corrected chi connectivity index (χ2v) is 6.77. The summed E-state index contributed by atoms with van der Waals surface area (Å²) in [6.07, 6.45) is -3.44. The summed E-state index contributed by atoms with van der Waals surface area (Å²) in [6, 6.07) is 9.35. The van der Waals surface area contributed by atoms with Crippen LogP contribution in [0.25, 0.3) is 0 Å². The van der Waals surface area contributed by atoms with Gasteiger partial charge in [0.05, 0.1) is 18.8 Å². The van der Waals surface area contributed by atoms with Crippen molar-refractivity contribution in [2.45, 2.75) is 39.7 Å². The lowest BCUT2D eigenvalue weighted by atomic mass is 10.1. The maximum absolute atomic E-state index is 13.1. The van der Waals surface area contributed by atoms with Gasteiger partial charge in [0.1, 0.15) is 18.1 Å². The van der Waals surface area contributed by atoms with Crippen LogP contribution in [0.2, 0.25) is 0 Å². The van der Waals surface area contributed by atoms with Crippen molar-refractivity contribution in [3.8, 4) is 5.88 Å². The van der Waals surface area contributed by atoms with Gasteiger partial charge in [0, 0.05) is 24.4 Å². The van der Waals surface area contributed by atoms with Gasteiger partial charge >= 0.3 is 6.18 Å². The Morgan fingerprint density at radius 3 is 2.50 bits per heavy atom. The number of ether oxygens (including phenoxy) is 1. The van der Waals surface area contributed by atoms with Crippen molar-refractivity contribution in [1.29, 1.82) is 0 Å².